The number of methoxy groups -OCH3 is 1. The van der Waals surface area contributed by atoms with E-state index in [9.17, 15) is 18.4 Å². The smallest absolute Gasteiger partial charge is 0.387 e. The molecular formula is C15H17F2NO5. The van der Waals surface area contributed by atoms with E-state index < -0.39 is 30.3 Å². The highest BCUT2D eigenvalue weighted by Gasteiger charge is 2.34. The summed E-state index contributed by atoms with van der Waals surface area (Å²) in [7, 11) is 1.41. The first-order chi connectivity index (χ1) is 10.9. The topological polar surface area (TPSA) is 84.9 Å². The molecule has 0 unspecified atom stereocenters. The van der Waals surface area contributed by atoms with E-state index in [0.717, 1.165) is 0 Å². The fourth-order valence-corrected chi connectivity index (χ4v) is 2.61. The van der Waals surface area contributed by atoms with Crippen LogP contribution in [0.15, 0.2) is 18.2 Å². The maximum Gasteiger partial charge on any atom is 0.387 e. The van der Waals surface area contributed by atoms with Crippen LogP contribution < -0.4 is 14.8 Å². The number of benzene rings is 1. The number of alkyl halides is 2. The van der Waals surface area contributed by atoms with Gasteiger partial charge >= 0.3 is 12.6 Å². The molecule has 126 valence electrons. The van der Waals surface area contributed by atoms with Gasteiger partial charge in [-0.05, 0) is 31.4 Å². The number of carbonyl (C=O) groups is 2. The lowest BCUT2D eigenvalue weighted by Crippen LogP contribution is -2.22. The van der Waals surface area contributed by atoms with E-state index in [1.807, 2.05) is 0 Å². The molecule has 1 fully saturated rings. The Bertz CT molecular complexity index is 593. The number of rotatable bonds is 6. The van der Waals surface area contributed by atoms with E-state index in [0.29, 0.717) is 18.6 Å². The number of ether oxygens (including phenoxy) is 2. The van der Waals surface area contributed by atoms with Crippen LogP contribution >= 0.6 is 0 Å². The number of carboxylic acids is 1. The van der Waals surface area contributed by atoms with Crippen molar-refractivity contribution in [3.63, 3.8) is 0 Å². The molecule has 1 aromatic carbocycles. The van der Waals surface area contributed by atoms with E-state index in [4.69, 9.17) is 9.84 Å². The molecule has 23 heavy (non-hydrogen) atoms. The van der Waals surface area contributed by atoms with Crippen LogP contribution in [0.2, 0.25) is 0 Å². The number of aliphatic carboxylic acids is 1. The molecule has 0 aromatic heterocycles. The fraction of sp³-hybridized carbons (Fsp3) is 0.467. The summed E-state index contributed by atoms with van der Waals surface area (Å²) in [5.41, 5.74) is 0.0634. The second-order valence-corrected chi connectivity index (χ2v) is 5.27. The van der Waals surface area contributed by atoms with Crippen LogP contribution in [-0.2, 0) is 9.59 Å². The number of amides is 1. The summed E-state index contributed by atoms with van der Waals surface area (Å²) >= 11 is 0. The minimum Gasteiger partial charge on any atom is -0.497 e. The molecule has 2 atom stereocenters. The van der Waals surface area contributed by atoms with Crippen molar-refractivity contribution >= 4 is 17.6 Å². The molecule has 0 bridgehead atoms. The van der Waals surface area contributed by atoms with Crippen LogP contribution in [0.4, 0.5) is 14.5 Å². The van der Waals surface area contributed by atoms with Gasteiger partial charge in [0.1, 0.15) is 11.5 Å². The molecule has 0 saturated heterocycles. The molecule has 0 heterocycles. The number of halogens is 2. The molecule has 1 aliphatic rings. The normalized spacial score (nSPS) is 20.3. The lowest BCUT2D eigenvalue weighted by Gasteiger charge is -2.15. The number of carbonyl (C=O) groups excluding carboxylic acids is 1. The number of hydrogen-bond donors (Lipinski definition) is 2. The first kappa shape index (κ1) is 17.0. The van der Waals surface area contributed by atoms with Crippen molar-refractivity contribution in [3.05, 3.63) is 18.2 Å². The van der Waals surface area contributed by atoms with Crippen LogP contribution in [0.1, 0.15) is 19.3 Å². The van der Waals surface area contributed by atoms with Crippen LogP contribution in [-0.4, -0.2) is 30.7 Å². The second-order valence-electron chi connectivity index (χ2n) is 5.27. The van der Waals surface area contributed by atoms with E-state index >= 15 is 0 Å². The number of hydrogen-bond acceptors (Lipinski definition) is 4. The second kappa shape index (κ2) is 7.26. The molecule has 8 heteroatoms. The zero-order valence-electron chi connectivity index (χ0n) is 12.4. The Balaban J connectivity index is 2.11. The van der Waals surface area contributed by atoms with Gasteiger partial charge in [-0.1, -0.05) is 0 Å². The van der Waals surface area contributed by atoms with Crippen LogP contribution in [0, 0.1) is 11.8 Å². The molecule has 0 radical (unpaired) electrons. The van der Waals surface area contributed by atoms with Gasteiger partial charge in [0.25, 0.3) is 0 Å². The van der Waals surface area contributed by atoms with Crippen molar-refractivity contribution in [2.45, 2.75) is 25.9 Å². The predicted molar refractivity (Wildman–Crippen MR) is 76.7 cm³/mol. The average Bonchev–Trinajstić information content (AvgIpc) is 2.98. The van der Waals surface area contributed by atoms with E-state index in [2.05, 4.69) is 10.1 Å². The molecule has 2 N–H and O–H groups in total. The molecule has 1 aromatic rings. The summed E-state index contributed by atoms with van der Waals surface area (Å²) in [6.07, 6.45) is 1.10. The SMILES string of the molecule is COc1ccc(OC(F)F)c(NC(=O)[C@@H]2CC[C@H](C(=O)O)C2)c1. The Kier molecular flexibility index (Phi) is 5.36. The van der Waals surface area contributed by atoms with Crippen molar-refractivity contribution in [1.29, 1.82) is 0 Å². The third-order valence-electron chi connectivity index (χ3n) is 3.81. The van der Waals surface area contributed by atoms with Gasteiger partial charge < -0.3 is 19.9 Å². The first-order valence-corrected chi connectivity index (χ1v) is 7.07. The molecule has 0 aliphatic heterocycles. The Labute approximate surface area is 131 Å². The molecule has 1 amide bonds. The summed E-state index contributed by atoms with van der Waals surface area (Å²) in [6.45, 7) is -3.03. The van der Waals surface area contributed by atoms with Crippen molar-refractivity contribution in [1.82, 2.24) is 0 Å². The van der Waals surface area contributed by atoms with Crippen LogP contribution in [0.5, 0.6) is 11.5 Å². The number of carboxylic acid groups (broad SMARTS) is 1. The number of anilines is 1. The summed E-state index contributed by atoms with van der Waals surface area (Å²) in [5, 5.41) is 11.5. The van der Waals surface area contributed by atoms with E-state index in [1.165, 1.54) is 25.3 Å². The van der Waals surface area contributed by atoms with Crippen LogP contribution in [0.25, 0.3) is 0 Å². The fourth-order valence-electron chi connectivity index (χ4n) is 2.61. The molecule has 6 nitrogen and oxygen atoms in total. The summed E-state index contributed by atoms with van der Waals surface area (Å²) in [5.74, 6) is -2.17. The predicted octanol–water partition coefficient (Wildman–Crippen LogP) is 2.74. The van der Waals surface area contributed by atoms with Crippen molar-refractivity contribution < 1.29 is 33.0 Å². The summed E-state index contributed by atoms with van der Waals surface area (Å²) in [6, 6.07) is 4.08. The minimum atomic E-state index is -3.03. The van der Waals surface area contributed by atoms with Gasteiger partial charge in [0.05, 0.1) is 18.7 Å². The van der Waals surface area contributed by atoms with E-state index in [-0.39, 0.29) is 17.9 Å². The standard InChI is InChI=1S/C15H17F2NO5/c1-22-10-4-5-12(23-15(16)17)11(7-10)18-13(19)8-2-3-9(6-8)14(20)21/h4-5,7-9,15H,2-3,6H2,1H3,(H,18,19)(H,20,21)/t8-,9+/m1/s1. The Morgan fingerprint density at radius 1 is 1.30 bits per heavy atom. The van der Waals surface area contributed by atoms with Gasteiger partial charge in [-0.2, -0.15) is 8.78 Å². The lowest BCUT2D eigenvalue weighted by molar-refractivity contribution is -0.141. The zero-order chi connectivity index (χ0) is 17.0. The van der Waals surface area contributed by atoms with Gasteiger partial charge in [-0.3, -0.25) is 9.59 Å². The molecule has 2 rings (SSSR count). The molecular weight excluding hydrogens is 312 g/mol. The zero-order valence-corrected chi connectivity index (χ0v) is 12.4. The maximum atomic E-state index is 12.4. The average molecular weight is 329 g/mol. The summed E-state index contributed by atoms with van der Waals surface area (Å²) in [4.78, 5) is 23.2. The van der Waals surface area contributed by atoms with Gasteiger partial charge in [-0.15, -0.1) is 0 Å². The lowest BCUT2D eigenvalue weighted by atomic mass is 10.0. The Hall–Kier alpha value is -2.38. The Morgan fingerprint density at radius 3 is 2.57 bits per heavy atom. The monoisotopic (exact) mass is 329 g/mol. The highest BCUT2D eigenvalue weighted by atomic mass is 19.3. The largest absolute Gasteiger partial charge is 0.497 e. The highest BCUT2D eigenvalue weighted by molar-refractivity contribution is 5.94. The van der Waals surface area contributed by atoms with Gasteiger partial charge in [0.2, 0.25) is 5.91 Å². The highest BCUT2D eigenvalue weighted by Crippen LogP contribution is 2.34. The first-order valence-electron chi connectivity index (χ1n) is 7.07. The van der Waals surface area contributed by atoms with Gasteiger partial charge in [0.15, 0.2) is 0 Å². The Morgan fingerprint density at radius 2 is 2.00 bits per heavy atom. The van der Waals surface area contributed by atoms with E-state index in [1.54, 1.807) is 0 Å². The minimum absolute atomic E-state index is 0.0634. The quantitative estimate of drug-likeness (QED) is 0.838. The van der Waals surface area contributed by atoms with Gasteiger partial charge in [-0.25, -0.2) is 0 Å². The molecule has 1 aliphatic carbocycles. The summed E-state index contributed by atoms with van der Waals surface area (Å²) < 4.78 is 34.2. The van der Waals surface area contributed by atoms with Crippen molar-refractivity contribution in [2.24, 2.45) is 11.8 Å². The van der Waals surface area contributed by atoms with Crippen molar-refractivity contribution in [2.75, 3.05) is 12.4 Å². The maximum absolute atomic E-state index is 12.4. The van der Waals surface area contributed by atoms with Gasteiger partial charge in [0, 0.05) is 12.0 Å². The third-order valence-corrected chi connectivity index (χ3v) is 3.81. The van der Waals surface area contributed by atoms with Crippen LogP contribution in [0.3, 0.4) is 0 Å². The van der Waals surface area contributed by atoms with Crippen molar-refractivity contribution in [3.8, 4) is 11.5 Å². The third kappa shape index (κ3) is 4.30. The molecule has 0 spiro atoms. The number of nitrogens with one attached hydrogen (secondary N) is 1. The molecule has 1 saturated carbocycles.